The fourth-order valence-corrected chi connectivity index (χ4v) is 1.69. The van der Waals surface area contributed by atoms with Gasteiger partial charge in [0, 0.05) is 18.3 Å². The summed E-state index contributed by atoms with van der Waals surface area (Å²) >= 11 is 11.6. The van der Waals surface area contributed by atoms with E-state index in [4.69, 9.17) is 27.9 Å². The highest BCUT2D eigenvalue weighted by Gasteiger charge is 2.16. The number of nitro groups is 1. The lowest BCUT2D eigenvalue weighted by Gasteiger charge is -2.07. The van der Waals surface area contributed by atoms with Gasteiger partial charge in [0.05, 0.1) is 16.1 Å². The number of hydrogen-bond donors (Lipinski definition) is 0. The number of ether oxygens (including phenoxy) is 1. The molecule has 0 spiro atoms. The Morgan fingerprint density at radius 2 is 2.06 bits per heavy atom. The van der Waals surface area contributed by atoms with Crippen molar-refractivity contribution in [2.24, 2.45) is 0 Å². The van der Waals surface area contributed by atoms with E-state index in [1.165, 1.54) is 36.7 Å². The second kappa shape index (κ2) is 5.20. The number of benzene rings is 1. The molecule has 18 heavy (non-hydrogen) atoms. The molecule has 5 nitrogen and oxygen atoms in total. The summed E-state index contributed by atoms with van der Waals surface area (Å²) in [5.41, 5.74) is -0.218. The van der Waals surface area contributed by atoms with Gasteiger partial charge in [0.25, 0.3) is 5.69 Å². The molecule has 1 aromatic heterocycles. The highest BCUT2D eigenvalue weighted by atomic mass is 35.5. The van der Waals surface area contributed by atoms with Crippen LogP contribution in [0.2, 0.25) is 10.0 Å². The Hall–Kier alpha value is -1.85. The van der Waals surface area contributed by atoms with Gasteiger partial charge < -0.3 is 4.74 Å². The van der Waals surface area contributed by atoms with Crippen LogP contribution in [0.1, 0.15) is 0 Å². The third-order valence-electron chi connectivity index (χ3n) is 2.05. The number of halogens is 2. The quantitative estimate of drug-likeness (QED) is 0.629. The lowest BCUT2D eigenvalue weighted by molar-refractivity contribution is -0.384. The van der Waals surface area contributed by atoms with Gasteiger partial charge in [0.15, 0.2) is 10.8 Å². The Bertz CT molecular complexity index is 605. The predicted molar refractivity (Wildman–Crippen MR) is 67.4 cm³/mol. The largest absolute Gasteiger partial charge is 0.454 e. The number of nitrogens with zero attached hydrogens (tertiary/aromatic N) is 2. The molecule has 0 radical (unpaired) electrons. The summed E-state index contributed by atoms with van der Waals surface area (Å²) in [5, 5.41) is 11.0. The second-order valence-electron chi connectivity index (χ2n) is 3.29. The first-order valence-electron chi connectivity index (χ1n) is 4.79. The van der Waals surface area contributed by atoms with Crippen molar-refractivity contribution in [2.45, 2.75) is 0 Å². The smallest absolute Gasteiger partial charge is 0.291 e. The normalized spacial score (nSPS) is 10.1. The molecule has 0 aliphatic heterocycles. The highest BCUT2D eigenvalue weighted by molar-refractivity contribution is 6.34. The molecule has 2 rings (SSSR count). The van der Waals surface area contributed by atoms with Crippen molar-refractivity contribution >= 4 is 28.9 Å². The first-order chi connectivity index (χ1) is 8.58. The first-order valence-corrected chi connectivity index (χ1v) is 5.55. The molecule has 0 unspecified atom stereocenters. The van der Waals surface area contributed by atoms with Gasteiger partial charge in [-0.25, -0.2) is 0 Å². The lowest BCUT2D eigenvalue weighted by Crippen LogP contribution is -1.92. The molecule has 0 bridgehead atoms. The Labute approximate surface area is 112 Å². The Morgan fingerprint density at radius 3 is 2.72 bits per heavy atom. The second-order valence-corrected chi connectivity index (χ2v) is 4.10. The summed E-state index contributed by atoms with van der Waals surface area (Å²) in [6.07, 6.45) is 2.88. The number of nitro benzene ring substituents is 1. The molecule has 0 N–H and O–H groups in total. The topological polar surface area (TPSA) is 65.3 Å². The van der Waals surface area contributed by atoms with Crippen molar-refractivity contribution in [1.82, 2.24) is 4.98 Å². The Balaban J connectivity index is 2.35. The van der Waals surface area contributed by atoms with Crippen molar-refractivity contribution in [3.05, 3.63) is 56.8 Å². The summed E-state index contributed by atoms with van der Waals surface area (Å²) < 4.78 is 5.40. The average Bonchev–Trinajstić information content (AvgIpc) is 2.31. The van der Waals surface area contributed by atoms with E-state index in [9.17, 15) is 10.1 Å². The minimum absolute atomic E-state index is 0.0672. The van der Waals surface area contributed by atoms with Crippen LogP contribution < -0.4 is 4.74 Å². The summed E-state index contributed by atoms with van der Waals surface area (Å²) in [4.78, 5) is 14.0. The fraction of sp³-hybridized carbons (Fsp3) is 0. The maximum absolute atomic E-state index is 10.7. The monoisotopic (exact) mass is 284 g/mol. The zero-order valence-corrected chi connectivity index (χ0v) is 10.4. The van der Waals surface area contributed by atoms with Gasteiger partial charge in [-0.15, -0.1) is 0 Å². The molecule has 0 aliphatic carbocycles. The van der Waals surface area contributed by atoms with E-state index < -0.39 is 4.92 Å². The molecule has 0 saturated carbocycles. The Kier molecular flexibility index (Phi) is 3.64. The third-order valence-corrected chi connectivity index (χ3v) is 2.63. The van der Waals surface area contributed by atoms with Crippen LogP contribution in [0.5, 0.6) is 11.5 Å². The van der Waals surface area contributed by atoms with E-state index in [-0.39, 0.29) is 16.5 Å². The van der Waals surface area contributed by atoms with Crippen molar-refractivity contribution in [1.29, 1.82) is 0 Å². The number of aromatic nitrogens is 1. The van der Waals surface area contributed by atoms with Gasteiger partial charge in [-0.05, 0) is 6.07 Å². The van der Waals surface area contributed by atoms with Gasteiger partial charge in [-0.3, -0.25) is 15.1 Å². The number of rotatable bonds is 3. The summed E-state index contributed by atoms with van der Waals surface area (Å²) in [6, 6.07) is 5.84. The van der Waals surface area contributed by atoms with Crippen LogP contribution in [0.15, 0.2) is 36.7 Å². The van der Waals surface area contributed by atoms with Crippen molar-refractivity contribution in [2.75, 3.05) is 0 Å². The van der Waals surface area contributed by atoms with E-state index in [1.807, 2.05) is 0 Å². The number of pyridine rings is 1. The zero-order valence-electron chi connectivity index (χ0n) is 8.84. The van der Waals surface area contributed by atoms with Crippen molar-refractivity contribution in [3.8, 4) is 11.5 Å². The molecular formula is C11H6Cl2N2O3. The van der Waals surface area contributed by atoms with Gasteiger partial charge in [0.2, 0.25) is 0 Å². The molecule has 0 amide bonds. The van der Waals surface area contributed by atoms with E-state index in [2.05, 4.69) is 4.98 Å². The Morgan fingerprint density at radius 1 is 1.28 bits per heavy atom. The zero-order chi connectivity index (χ0) is 13.1. The lowest BCUT2D eigenvalue weighted by atomic mass is 10.3. The minimum Gasteiger partial charge on any atom is -0.454 e. The molecule has 2 aromatic rings. The highest BCUT2D eigenvalue weighted by Crippen LogP contribution is 2.36. The first kappa shape index (κ1) is 12.6. The van der Waals surface area contributed by atoms with Gasteiger partial charge in [0.1, 0.15) is 5.75 Å². The molecule has 92 valence electrons. The van der Waals surface area contributed by atoms with Crippen LogP contribution in [-0.2, 0) is 0 Å². The van der Waals surface area contributed by atoms with Gasteiger partial charge in [-0.1, -0.05) is 29.3 Å². The van der Waals surface area contributed by atoms with Crippen molar-refractivity contribution in [3.63, 3.8) is 0 Å². The third kappa shape index (κ3) is 2.69. The molecule has 0 atom stereocenters. The van der Waals surface area contributed by atoms with Crippen LogP contribution in [0.3, 0.4) is 0 Å². The summed E-state index contributed by atoms with van der Waals surface area (Å²) in [7, 11) is 0. The predicted octanol–water partition coefficient (Wildman–Crippen LogP) is 4.09. The molecule has 7 heteroatoms. The van der Waals surface area contributed by atoms with E-state index in [0.717, 1.165) is 0 Å². The molecule has 1 aromatic carbocycles. The maximum Gasteiger partial charge on any atom is 0.291 e. The summed E-state index contributed by atoms with van der Waals surface area (Å²) in [6.45, 7) is 0. The molecule has 0 fully saturated rings. The maximum atomic E-state index is 10.7. The van der Waals surface area contributed by atoms with Crippen LogP contribution in [-0.4, -0.2) is 9.91 Å². The standard InChI is InChI=1S/C11H6Cl2N2O3/c12-7-4-8(6-14-5-7)18-10-3-1-2-9(11(10)13)15(16)17/h1-6H. The number of hydrogen-bond acceptors (Lipinski definition) is 4. The van der Waals surface area contributed by atoms with E-state index in [0.29, 0.717) is 10.8 Å². The van der Waals surface area contributed by atoms with Crippen LogP contribution in [0, 0.1) is 10.1 Å². The molecule has 0 saturated heterocycles. The van der Waals surface area contributed by atoms with Crippen LogP contribution in [0.25, 0.3) is 0 Å². The van der Waals surface area contributed by atoms with E-state index >= 15 is 0 Å². The van der Waals surface area contributed by atoms with Crippen LogP contribution >= 0.6 is 23.2 Å². The minimum atomic E-state index is -0.578. The fourth-order valence-electron chi connectivity index (χ4n) is 1.29. The SMILES string of the molecule is O=[N+]([O-])c1cccc(Oc2cncc(Cl)c2)c1Cl. The van der Waals surface area contributed by atoms with E-state index in [1.54, 1.807) is 0 Å². The van der Waals surface area contributed by atoms with Crippen molar-refractivity contribution < 1.29 is 9.66 Å². The van der Waals surface area contributed by atoms with Gasteiger partial charge >= 0.3 is 0 Å². The molecule has 1 heterocycles. The molecular weight excluding hydrogens is 279 g/mol. The average molecular weight is 285 g/mol. The van der Waals surface area contributed by atoms with Gasteiger partial charge in [-0.2, -0.15) is 0 Å². The van der Waals surface area contributed by atoms with Crippen LogP contribution in [0.4, 0.5) is 5.69 Å². The summed E-state index contributed by atoms with van der Waals surface area (Å²) in [5.74, 6) is 0.528. The molecule has 0 aliphatic rings.